The van der Waals surface area contributed by atoms with Crippen molar-refractivity contribution in [2.75, 3.05) is 16.8 Å². The van der Waals surface area contributed by atoms with Gasteiger partial charge in [-0.2, -0.15) is 0 Å². The molecule has 0 saturated heterocycles. The lowest BCUT2D eigenvalue weighted by Gasteiger charge is -2.25. The predicted molar refractivity (Wildman–Crippen MR) is 97.7 cm³/mol. The Balaban J connectivity index is 1.64. The monoisotopic (exact) mass is 384 g/mol. The molecule has 122 valence electrons. The zero-order valence-electron chi connectivity index (χ0n) is 13.4. The molecule has 5 heteroatoms. The van der Waals surface area contributed by atoms with Crippen molar-refractivity contribution in [3.63, 3.8) is 0 Å². The molecule has 4 nitrogen and oxygen atoms in total. The maximum absolute atomic E-state index is 12.6. The highest BCUT2D eigenvalue weighted by molar-refractivity contribution is 9.10. The largest absolute Gasteiger partial charge is 0.322 e. The minimum Gasteiger partial charge on any atom is -0.322 e. The van der Waals surface area contributed by atoms with E-state index in [2.05, 4.69) is 21.2 Å². The number of aryl methyl sites for hydroxylation is 2. The lowest BCUT2D eigenvalue weighted by atomic mass is 9.96. The number of benzene rings is 2. The fourth-order valence-corrected chi connectivity index (χ4v) is 3.84. The van der Waals surface area contributed by atoms with Gasteiger partial charge >= 0.3 is 0 Å². The second-order valence-electron chi connectivity index (χ2n) is 6.36. The maximum Gasteiger partial charge on any atom is 0.255 e. The molecule has 2 aromatic rings. The zero-order chi connectivity index (χ0) is 16.8. The van der Waals surface area contributed by atoms with E-state index in [0.717, 1.165) is 51.9 Å². The first-order chi connectivity index (χ1) is 11.5. The molecule has 0 aliphatic carbocycles. The van der Waals surface area contributed by atoms with Crippen molar-refractivity contribution in [2.24, 2.45) is 0 Å². The number of carbonyl (C=O) groups is 2. The molecule has 0 spiro atoms. The molecular formula is C19H17BrN2O2. The topological polar surface area (TPSA) is 49.4 Å². The second kappa shape index (κ2) is 5.74. The molecule has 2 aromatic carbocycles. The number of rotatable bonds is 2. The lowest BCUT2D eigenvalue weighted by molar-refractivity contribution is -0.118. The number of nitrogens with one attached hydrogen (secondary N) is 1. The van der Waals surface area contributed by atoms with Crippen LogP contribution < -0.4 is 10.2 Å². The molecule has 0 bridgehead atoms. The Labute approximate surface area is 149 Å². The van der Waals surface area contributed by atoms with Crippen LogP contribution >= 0.6 is 15.9 Å². The highest BCUT2D eigenvalue weighted by Gasteiger charge is 2.31. The fourth-order valence-electron chi connectivity index (χ4n) is 3.46. The van der Waals surface area contributed by atoms with E-state index >= 15 is 0 Å². The van der Waals surface area contributed by atoms with Crippen molar-refractivity contribution >= 4 is 39.1 Å². The standard InChI is InChI=1S/C19H17BrN2O2/c1-11-2-4-15(10-16(11)20)21-19(24)14-8-12-3-5-17(23)22-7-6-13(9-14)18(12)22/h2,4,8-10H,3,5-7H2,1H3,(H,21,24). The van der Waals surface area contributed by atoms with Gasteiger partial charge in [0.1, 0.15) is 0 Å². The molecule has 2 aliphatic rings. The quantitative estimate of drug-likeness (QED) is 0.854. The molecule has 2 amide bonds. The third kappa shape index (κ3) is 2.53. The van der Waals surface area contributed by atoms with Crippen LogP contribution in [0.3, 0.4) is 0 Å². The van der Waals surface area contributed by atoms with Crippen LogP contribution in [0.2, 0.25) is 0 Å². The Morgan fingerprint density at radius 2 is 1.88 bits per heavy atom. The van der Waals surface area contributed by atoms with Crippen LogP contribution in [0.1, 0.15) is 33.5 Å². The van der Waals surface area contributed by atoms with Gasteiger partial charge in [-0.1, -0.05) is 22.0 Å². The Morgan fingerprint density at radius 3 is 2.62 bits per heavy atom. The van der Waals surface area contributed by atoms with Crippen LogP contribution in [0, 0.1) is 6.92 Å². The van der Waals surface area contributed by atoms with Crippen molar-refractivity contribution in [1.82, 2.24) is 0 Å². The summed E-state index contributed by atoms with van der Waals surface area (Å²) >= 11 is 3.49. The molecule has 2 heterocycles. The number of carbonyl (C=O) groups excluding carboxylic acids is 2. The number of halogens is 1. The van der Waals surface area contributed by atoms with E-state index in [1.165, 1.54) is 0 Å². The smallest absolute Gasteiger partial charge is 0.255 e. The highest BCUT2D eigenvalue weighted by Crippen LogP contribution is 2.37. The third-order valence-electron chi connectivity index (χ3n) is 4.74. The molecule has 0 fully saturated rings. The molecule has 0 atom stereocenters. The number of hydrogen-bond donors (Lipinski definition) is 1. The van der Waals surface area contributed by atoms with Gasteiger partial charge in [-0.3, -0.25) is 9.59 Å². The Bertz CT molecular complexity index is 876. The summed E-state index contributed by atoms with van der Waals surface area (Å²) in [5.74, 6) is 0.0862. The summed E-state index contributed by atoms with van der Waals surface area (Å²) in [6.45, 7) is 2.74. The Hall–Kier alpha value is -2.14. The second-order valence-corrected chi connectivity index (χ2v) is 7.21. The summed E-state index contributed by atoms with van der Waals surface area (Å²) in [4.78, 5) is 26.5. The first-order valence-electron chi connectivity index (χ1n) is 8.06. The minimum absolute atomic E-state index is 0.111. The van der Waals surface area contributed by atoms with E-state index in [1.807, 2.05) is 42.2 Å². The number of amides is 2. The first kappa shape index (κ1) is 15.4. The Morgan fingerprint density at radius 1 is 1.12 bits per heavy atom. The third-order valence-corrected chi connectivity index (χ3v) is 5.60. The molecule has 4 rings (SSSR count). The van der Waals surface area contributed by atoms with Gasteiger partial charge in [0.2, 0.25) is 5.91 Å². The van der Waals surface area contributed by atoms with E-state index in [0.29, 0.717) is 12.0 Å². The molecule has 0 radical (unpaired) electrons. The van der Waals surface area contributed by atoms with E-state index in [9.17, 15) is 9.59 Å². The van der Waals surface area contributed by atoms with E-state index in [4.69, 9.17) is 0 Å². The summed E-state index contributed by atoms with van der Waals surface area (Å²) in [7, 11) is 0. The predicted octanol–water partition coefficient (Wildman–Crippen LogP) is 3.85. The summed E-state index contributed by atoms with van der Waals surface area (Å²) in [5, 5.41) is 2.96. The van der Waals surface area contributed by atoms with Crippen LogP contribution in [-0.4, -0.2) is 18.4 Å². The molecule has 0 saturated carbocycles. The van der Waals surface area contributed by atoms with Crippen LogP contribution in [-0.2, 0) is 17.6 Å². The molecule has 1 N–H and O–H groups in total. The van der Waals surface area contributed by atoms with Gasteiger partial charge in [0.25, 0.3) is 5.91 Å². The maximum atomic E-state index is 12.6. The summed E-state index contributed by atoms with van der Waals surface area (Å²) in [6, 6.07) is 9.63. The van der Waals surface area contributed by atoms with E-state index in [-0.39, 0.29) is 11.8 Å². The summed E-state index contributed by atoms with van der Waals surface area (Å²) in [6.07, 6.45) is 2.07. The van der Waals surface area contributed by atoms with Crippen molar-refractivity contribution in [3.05, 3.63) is 57.1 Å². The highest BCUT2D eigenvalue weighted by atomic mass is 79.9. The Kier molecular flexibility index (Phi) is 3.68. The van der Waals surface area contributed by atoms with Crippen molar-refractivity contribution < 1.29 is 9.59 Å². The average Bonchev–Trinajstić information content (AvgIpc) is 3.00. The molecular weight excluding hydrogens is 368 g/mol. The van der Waals surface area contributed by atoms with Crippen LogP contribution in [0.25, 0.3) is 0 Å². The van der Waals surface area contributed by atoms with E-state index in [1.54, 1.807) is 0 Å². The van der Waals surface area contributed by atoms with Gasteiger partial charge in [-0.05, 0) is 60.7 Å². The van der Waals surface area contributed by atoms with Gasteiger partial charge in [0.05, 0.1) is 5.69 Å². The summed E-state index contributed by atoms with van der Waals surface area (Å²) in [5.41, 5.74) is 5.82. The van der Waals surface area contributed by atoms with Crippen LogP contribution in [0.5, 0.6) is 0 Å². The molecule has 2 aliphatic heterocycles. The minimum atomic E-state index is -0.111. The first-order valence-corrected chi connectivity index (χ1v) is 8.86. The fraction of sp³-hybridized carbons (Fsp3) is 0.263. The van der Waals surface area contributed by atoms with Crippen LogP contribution in [0.15, 0.2) is 34.8 Å². The van der Waals surface area contributed by atoms with Gasteiger partial charge in [0.15, 0.2) is 0 Å². The van der Waals surface area contributed by atoms with Gasteiger partial charge in [0, 0.05) is 28.7 Å². The number of nitrogens with zero attached hydrogens (tertiary/aromatic N) is 1. The van der Waals surface area contributed by atoms with Gasteiger partial charge in [-0.15, -0.1) is 0 Å². The van der Waals surface area contributed by atoms with Crippen molar-refractivity contribution in [2.45, 2.75) is 26.2 Å². The molecule has 24 heavy (non-hydrogen) atoms. The normalized spacial score (nSPS) is 15.4. The van der Waals surface area contributed by atoms with Crippen molar-refractivity contribution in [3.8, 4) is 0 Å². The average molecular weight is 385 g/mol. The van der Waals surface area contributed by atoms with Gasteiger partial charge < -0.3 is 10.2 Å². The number of anilines is 2. The lowest BCUT2D eigenvalue weighted by Crippen LogP contribution is -2.33. The summed E-state index contributed by atoms with van der Waals surface area (Å²) < 4.78 is 0.971. The van der Waals surface area contributed by atoms with Crippen LogP contribution in [0.4, 0.5) is 11.4 Å². The van der Waals surface area contributed by atoms with E-state index < -0.39 is 0 Å². The molecule has 0 unspecified atom stereocenters. The number of hydrogen-bond acceptors (Lipinski definition) is 2. The SMILES string of the molecule is Cc1ccc(NC(=O)c2cc3c4c(c2)CCN4C(=O)CC3)cc1Br. The molecule has 0 aromatic heterocycles. The van der Waals surface area contributed by atoms with Gasteiger partial charge in [-0.25, -0.2) is 0 Å². The van der Waals surface area contributed by atoms with Crippen molar-refractivity contribution in [1.29, 1.82) is 0 Å². The zero-order valence-corrected chi connectivity index (χ0v) is 14.9.